The van der Waals surface area contributed by atoms with E-state index in [9.17, 15) is 4.79 Å². The molecular formula is C20H30O2. The number of Topliss-reactive ketones (excluding diaryl/α,β-unsaturated/α-hetero) is 1. The molecule has 2 unspecified atom stereocenters. The van der Waals surface area contributed by atoms with Crippen LogP contribution in [0, 0.1) is 11.3 Å². The van der Waals surface area contributed by atoms with Crippen molar-refractivity contribution in [2.45, 2.75) is 84.8 Å². The normalized spacial score (nSPS) is 44.5. The second kappa shape index (κ2) is 5.33. The summed E-state index contributed by atoms with van der Waals surface area (Å²) in [6.07, 6.45) is 8.92. The van der Waals surface area contributed by atoms with Crippen LogP contribution < -0.4 is 0 Å². The summed E-state index contributed by atoms with van der Waals surface area (Å²) in [5.74, 6) is 0.786. The van der Waals surface area contributed by atoms with Gasteiger partial charge in [-0.15, -0.1) is 0 Å². The fourth-order valence-electron chi connectivity index (χ4n) is 4.73. The Bertz CT molecular complexity index is 552. The number of allylic oxidation sites excluding steroid dienone is 4. The Morgan fingerprint density at radius 2 is 2.05 bits per heavy atom. The summed E-state index contributed by atoms with van der Waals surface area (Å²) in [6, 6.07) is 0. The molecule has 122 valence electrons. The van der Waals surface area contributed by atoms with Crippen LogP contribution in [0.4, 0.5) is 0 Å². The summed E-state index contributed by atoms with van der Waals surface area (Å²) >= 11 is 0. The van der Waals surface area contributed by atoms with Gasteiger partial charge in [0.05, 0.1) is 11.7 Å². The number of rotatable bonds is 0. The van der Waals surface area contributed by atoms with E-state index in [1.807, 2.05) is 0 Å². The second-order valence-electron chi connectivity index (χ2n) is 8.47. The quantitative estimate of drug-likeness (QED) is 0.358. The van der Waals surface area contributed by atoms with Crippen molar-refractivity contribution >= 4 is 5.78 Å². The van der Waals surface area contributed by atoms with Crippen LogP contribution >= 0.6 is 0 Å². The molecular weight excluding hydrogens is 272 g/mol. The first-order chi connectivity index (χ1) is 10.3. The van der Waals surface area contributed by atoms with Gasteiger partial charge in [-0.25, -0.2) is 0 Å². The summed E-state index contributed by atoms with van der Waals surface area (Å²) < 4.78 is 6.06. The zero-order valence-corrected chi connectivity index (χ0v) is 14.8. The van der Waals surface area contributed by atoms with Gasteiger partial charge in [0, 0.05) is 6.42 Å². The first-order valence-electron chi connectivity index (χ1n) is 8.79. The molecule has 1 aliphatic heterocycles. The third-order valence-corrected chi connectivity index (χ3v) is 6.24. The van der Waals surface area contributed by atoms with Gasteiger partial charge in [0.1, 0.15) is 0 Å². The smallest absolute Gasteiger partial charge is 0.159 e. The van der Waals surface area contributed by atoms with Crippen molar-refractivity contribution in [3.05, 3.63) is 22.8 Å². The molecule has 0 bridgehead atoms. The topological polar surface area (TPSA) is 29.6 Å². The highest BCUT2D eigenvalue weighted by Crippen LogP contribution is 2.56. The number of ketones is 1. The van der Waals surface area contributed by atoms with Crippen LogP contribution in [0.25, 0.3) is 0 Å². The molecule has 1 saturated heterocycles. The van der Waals surface area contributed by atoms with Crippen molar-refractivity contribution in [3.63, 3.8) is 0 Å². The van der Waals surface area contributed by atoms with Crippen LogP contribution in [0.15, 0.2) is 22.8 Å². The second-order valence-corrected chi connectivity index (χ2v) is 8.47. The summed E-state index contributed by atoms with van der Waals surface area (Å²) in [5.41, 5.74) is 3.94. The van der Waals surface area contributed by atoms with Crippen LogP contribution in [-0.4, -0.2) is 17.5 Å². The van der Waals surface area contributed by atoms with Crippen LogP contribution in [-0.2, 0) is 9.53 Å². The third kappa shape index (κ3) is 2.71. The summed E-state index contributed by atoms with van der Waals surface area (Å²) in [6.45, 7) is 11.0. The standard InChI is InChI=1S/C20H30O2/c1-13(2)18-15-9-8-14(3)7-6-10-20(5)17(22-20)12-19(15,4)11-16(18)21/h7,15,17H,6,8-12H2,1-5H3/b14-7+/t15?,17-,19+,20?/m1/s1. The molecule has 3 rings (SSSR count). The minimum atomic E-state index is 0.0471. The van der Waals surface area contributed by atoms with Gasteiger partial charge in [-0.3, -0.25) is 4.79 Å². The van der Waals surface area contributed by atoms with Gasteiger partial charge in [-0.1, -0.05) is 24.1 Å². The van der Waals surface area contributed by atoms with Gasteiger partial charge < -0.3 is 4.74 Å². The summed E-state index contributed by atoms with van der Waals surface area (Å²) in [5, 5.41) is 0. The molecule has 2 fully saturated rings. The SMILES string of the molecule is CC(C)=C1C(=O)C[C@@]2(C)C[C@H]3OC3(C)CC/C=C(\C)CCC12. The maximum atomic E-state index is 12.6. The number of ether oxygens (including phenoxy) is 1. The molecule has 0 amide bonds. The van der Waals surface area contributed by atoms with E-state index in [0.29, 0.717) is 24.2 Å². The molecule has 0 aromatic heterocycles. The Morgan fingerprint density at radius 3 is 2.73 bits per heavy atom. The van der Waals surface area contributed by atoms with Crippen molar-refractivity contribution in [1.29, 1.82) is 0 Å². The highest BCUT2D eigenvalue weighted by Gasteiger charge is 2.57. The Kier molecular flexibility index (Phi) is 3.87. The molecule has 2 aliphatic carbocycles. The van der Waals surface area contributed by atoms with Crippen LogP contribution in [0.1, 0.15) is 73.1 Å². The summed E-state index contributed by atoms with van der Waals surface area (Å²) in [4.78, 5) is 12.6. The van der Waals surface area contributed by atoms with Gasteiger partial charge in [-0.2, -0.15) is 0 Å². The molecule has 22 heavy (non-hydrogen) atoms. The van der Waals surface area contributed by atoms with Gasteiger partial charge >= 0.3 is 0 Å². The molecule has 0 N–H and O–H groups in total. The highest BCUT2D eigenvalue weighted by atomic mass is 16.6. The monoisotopic (exact) mass is 302 g/mol. The molecule has 0 aromatic rings. The van der Waals surface area contributed by atoms with Crippen molar-refractivity contribution < 1.29 is 9.53 Å². The van der Waals surface area contributed by atoms with Gasteiger partial charge in [0.25, 0.3) is 0 Å². The number of hydrogen-bond acceptors (Lipinski definition) is 2. The van der Waals surface area contributed by atoms with E-state index in [0.717, 1.165) is 37.7 Å². The maximum absolute atomic E-state index is 12.6. The minimum Gasteiger partial charge on any atom is -0.366 e. The van der Waals surface area contributed by atoms with Crippen molar-refractivity contribution in [2.24, 2.45) is 11.3 Å². The van der Waals surface area contributed by atoms with Gasteiger partial charge in [0.15, 0.2) is 5.78 Å². The predicted octanol–water partition coefficient (Wildman–Crippen LogP) is 4.99. The number of carbonyl (C=O) groups is 1. The Labute approximate surface area is 135 Å². The van der Waals surface area contributed by atoms with E-state index in [2.05, 4.69) is 40.7 Å². The maximum Gasteiger partial charge on any atom is 0.159 e. The van der Waals surface area contributed by atoms with Crippen LogP contribution in [0.2, 0.25) is 0 Å². The lowest BCUT2D eigenvalue weighted by Crippen LogP contribution is -2.26. The van der Waals surface area contributed by atoms with Gasteiger partial charge in [-0.05, 0) is 76.7 Å². The zero-order valence-electron chi connectivity index (χ0n) is 14.8. The molecule has 4 atom stereocenters. The molecule has 0 aromatic carbocycles. The van der Waals surface area contributed by atoms with Crippen molar-refractivity contribution in [2.75, 3.05) is 0 Å². The largest absolute Gasteiger partial charge is 0.366 e. The molecule has 1 saturated carbocycles. The number of hydrogen-bond donors (Lipinski definition) is 0. The first kappa shape index (κ1) is 16.0. The lowest BCUT2D eigenvalue weighted by atomic mass is 9.71. The van der Waals surface area contributed by atoms with Crippen molar-refractivity contribution in [1.82, 2.24) is 0 Å². The molecule has 2 heteroatoms. The average molecular weight is 302 g/mol. The minimum absolute atomic E-state index is 0.0471. The Morgan fingerprint density at radius 1 is 1.32 bits per heavy atom. The Hall–Kier alpha value is -0.890. The van der Waals surface area contributed by atoms with Crippen LogP contribution in [0.5, 0.6) is 0 Å². The number of epoxide rings is 1. The molecule has 0 radical (unpaired) electrons. The van der Waals surface area contributed by atoms with E-state index in [1.54, 1.807) is 0 Å². The van der Waals surface area contributed by atoms with E-state index in [1.165, 1.54) is 11.1 Å². The summed E-state index contributed by atoms with van der Waals surface area (Å²) in [7, 11) is 0. The lowest BCUT2D eigenvalue weighted by Gasteiger charge is -2.31. The average Bonchev–Trinajstić information content (AvgIpc) is 2.92. The molecule has 3 aliphatic rings. The van der Waals surface area contributed by atoms with E-state index < -0.39 is 0 Å². The van der Waals surface area contributed by atoms with Crippen molar-refractivity contribution in [3.8, 4) is 0 Å². The molecule has 1 heterocycles. The zero-order chi connectivity index (χ0) is 16.1. The van der Waals surface area contributed by atoms with E-state index >= 15 is 0 Å². The first-order valence-corrected chi connectivity index (χ1v) is 8.79. The van der Waals surface area contributed by atoms with E-state index in [-0.39, 0.29) is 11.0 Å². The van der Waals surface area contributed by atoms with Gasteiger partial charge in [0.2, 0.25) is 0 Å². The number of carbonyl (C=O) groups excluding carboxylic acids is 1. The van der Waals surface area contributed by atoms with E-state index in [4.69, 9.17) is 4.74 Å². The molecule has 2 nitrogen and oxygen atoms in total. The highest BCUT2D eigenvalue weighted by molar-refractivity contribution is 5.99. The Balaban J connectivity index is 1.95. The fourth-order valence-corrected chi connectivity index (χ4v) is 4.73. The molecule has 0 spiro atoms. The third-order valence-electron chi connectivity index (χ3n) is 6.24. The number of fused-ring (bicyclic) bond motifs is 2. The predicted molar refractivity (Wildman–Crippen MR) is 89.7 cm³/mol. The van der Waals surface area contributed by atoms with Crippen LogP contribution in [0.3, 0.4) is 0 Å². The fraction of sp³-hybridized carbons (Fsp3) is 0.750. The lowest BCUT2D eigenvalue weighted by molar-refractivity contribution is -0.115.